The van der Waals surface area contributed by atoms with E-state index in [0.29, 0.717) is 33.4 Å². The monoisotopic (exact) mass is 460 g/mol. The van der Waals surface area contributed by atoms with E-state index in [0.717, 1.165) is 16.7 Å². The summed E-state index contributed by atoms with van der Waals surface area (Å²) in [5, 5.41) is 10.1. The number of thiazole rings is 1. The summed E-state index contributed by atoms with van der Waals surface area (Å²) < 4.78 is 7.13. The number of aromatic hydroxyl groups is 1. The van der Waals surface area contributed by atoms with Crippen LogP contribution in [0.2, 0.25) is 0 Å². The molecule has 1 N–H and O–H groups in total. The van der Waals surface area contributed by atoms with Crippen molar-refractivity contribution < 1.29 is 14.6 Å². The number of phenols is 1. The molecule has 4 rings (SSSR count). The van der Waals surface area contributed by atoms with Gasteiger partial charge in [0.25, 0.3) is 5.56 Å². The Labute approximate surface area is 195 Å². The van der Waals surface area contributed by atoms with Gasteiger partial charge in [-0.15, -0.1) is 6.58 Å². The highest BCUT2D eigenvalue weighted by molar-refractivity contribution is 7.07. The van der Waals surface area contributed by atoms with Crippen LogP contribution in [0.4, 0.5) is 0 Å². The van der Waals surface area contributed by atoms with E-state index in [-0.39, 0.29) is 11.3 Å². The van der Waals surface area contributed by atoms with Gasteiger partial charge in [-0.2, -0.15) is 0 Å². The number of esters is 1. The predicted octanol–water partition coefficient (Wildman–Crippen LogP) is 3.23. The quantitative estimate of drug-likeness (QED) is 0.452. The van der Waals surface area contributed by atoms with Crippen molar-refractivity contribution in [2.45, 2.75) is 25.8 Å². The summed E-state index contributed by atoms with van der Waals surface area (Å²) in [5.41, 5.74) is 3.08. The summed E-state index contributed by atoms with van der Waals surface area (Å²) in [4.78, 5) is 31.5. The molecule has 2 heterocycles. The van der Waals surface area contributed by atoms with Crippen molar-refractivity contribution in [2.24, 2.45) is 4.99 Å². The Bertz CT molecular complexity index is 1430. The third kappa shape index (κ3) is 4.19. The van der Waals surface area contributed by atoms with Crippen LogP contribution in [0.5, 0.6) is 5.75 Å². The Balaban J connectivity index is 1.96. The van der Waals surface area contributed by atoms with E-state index in [1.54, 1.807) is 28.9 Å². The zero-order valence-corrected chi connectivity index (χ0v) is 19.3. The summed E-state index contributed by atoms with van der Waals surface area (Å²) in [6.07, 6.45) is 4.55. The lowest BCUT2D eigenvalue weighted by molar-refractivity contribution is -0.136. The molecule has 33 heavy (non-hydrogen) atoms. The van der Waals surface area contributed by atoms with E-state index in [4.69, 9.17) is 4.74 Å². The molecule has 6 nitrogen and oxygen atoms in total. The molecule has 7 heteroatoms. The van der Waals surface area contributed by atoms with Gasteiger partial charge in [-0.3, -0.25) is 9.36 Å². The Hall–Kier alpha value is -3.71. The number of carbonyl (C=O) groups is 1. The average Bonchev–Trinajstić information content (AvgIpc) is 3.14. The van der Waals surface area contributed by atoms with Gasteiger partial charge in [0.15, 0.2) is 4.80 Å². The molecule has 0 spiro atoms. The van der Waals surface area contributed by atoms with E-state index in [1.165, 1.54) is 18.4 Å². The zero-order chi connectivity index (χ0) is 23.5. The fourth-order valence-corrected chi connectivity index (χ4v) is 5.00. The van der Waals surface area contributed by atoms with E-state index in [2.05, 4.69) is 11.6 Å². The van der Waals surface area contributed by atoms with Crippen LogP contribution in [-0.2, 0) is 16.0 Å². The van der Waals surface area contributed by atoms with Crippen LogP contribution in [0.1, 0.15) is 36.1 Å². The summed E-state index contributed by atoms with van der Waals surface area (Å²) in [5.74, 6) is -0.306. The molecule has 168 valence electrons. The molecule has 1 aliphatic heterocycles. The summed E-state index contributed by atoms with van der Waals surface area (Å²) in [6, 6.07) is 14.0. The molecule has 0 radical (unpaired) electrons. The Morgan fingerprint density at radius 1 is 1.27 bits per heavy atom. The number of rotatable bonds is 6. The first kappa shape index (κ1) is 22.5. The summed E-state index contributed by atoms with van der Waals surface area (Å²) >= 11 is 1.28. The van der Waals surface area contributed by atoms with Gasteiger partial charge in [-0.1, -0.05) is 60.7 Å². The largest absolute Gasteiger partial charge is 0.508 e. The SMILES string of the molecule is C=CCc1cc(/C=c2\sc3n(c2=O)[C@@H](c2ccccc2)C(C(=O)OC)=C(CC)N=3)ccc1O. The lowest BCUT2D eigenvalue weighted by Gasteiger charge is -2.25. The number of fused-ring (bicyclic) bond motifs is 1. The molecule has 0 bridgehead atoms. The van der Waals surface area contributed by atoms with Gasteiger partial charge >= 0.3 is 5.97 Å². The second-order valence-corrected chi connectivity index (χ2v) is 8.59. The number of carbonyl (C=O) groups excluding carboxylic acids is 1. The first-order valence-corrected chi connectivity index (χ1v) is 11.4. The molecule has 1 atom stereocenters. The molecule has 0 saturated carbocycles. The molecule has 2 aromatic carbocycles. The number of nitrogens with zero attached hydrogens (tertiary/aromatic N) is 2. The summed E-state index contributed by atoms with van der Waals surface area (Å²) in [6.45, 7) is 5.65. The van der Waals surface area contributed by atoms with Gasteiger partial charge in [0, 0.05) is 0 Å². The second-order valence-electron chi connectivity index (χ2n) is 7.58. The fraction of sp³-hybridized carbons (Fsp3) is 0.192. The number of hydrogen-bond donors (Lipinski definition) is 1. The van der Waals surface area contributed by atoms with Crippen molar-refractivity contribution in [1.29, 1.82) is 0 Å². The molecule has 3 aromatic rings. The van der Waals surface area contributed by atoms with Crippen LogP contribution in [0.15, 0.2) is 82.2 Å². The topological polar surface area (TPSA) is 80.9 Å². The third-order valence-corrected chi connectivity index (χ3v) is 6.51. The van der Waals surface area contributed by atoms with Gasteiger partial charge in [-0.05, 0) is 47.7 Å². The number of benzene rings is 2. The minimum atomic E-state index is -0.622. The third-order valence-electron chi connectivity index (χ3n) is 5.53. The first-order chi connectivity index (χ1) is 16.0. The molecule has 1 aliphatic rings. The molecular formula is C26H24N2O4S. The average molecular weight is 461 g/mol. The Morgan fingerprint density at radius 3 is 2.70 bits per heavy atom. The fourth-order valence-electron chi connectivity index (χ4n) is 3.98. The molecule has 0 amide bonds. The lowest BCUT2D eigenvalue weighted by Crippen LogP contribution is -2.40. The maximum atomic E-state index is 13.6. The van der Waals surface area contributed by atoms with Crippen LogP contribution in [0, 0.1) is 0 Å². The zero-order valence-electron chi connectivity index (χ0n) is 18.4. The molecule has 0 fully saturated rings. The van der Waals surface area contributed by atoms with E-state index < -0.39 is 12.0 Å². The normalized spacial score (nSPS) is 15.7. The summed E-state index contributed by atoms with van der Waals surface area (Å²) in [7, 11) is 1.33. The van der Waals surface area contributed by atoms with Crippen molar-refractivity contribution in [3.8, 4) is 5.75 Å². The number of phenolic OH excluding ortho intramolecular Hbond substituents is 1. The first-order valence-electron chi connectivity index (χ1n) is 10.6. The van der Waals surface area contributed by atoms with Crippen LogP contribution < -0.4 is 14.9 Å². The highest BCUT2D eigenvalue weighted by Gasteiger charge is 2.33. The Morgan fingerprint density at radius 2 is 2.03 bits per heavy atom. The second kappa shape index (κ2) is 9.42. The smallest absolute Gasteiger partial charge is 0.338 e. The van der Waals surface area contributed by atoms with Gasteiger partial charge in [0.05, 0.1) is 29.0 Å². The maximum Gasteiger partial charge on any atom is 0.338 e. The predicted molar refractivity (Wildman–Crippen MR) is 129 cm³/mol. The maximum absolute atomic E-state index is 13.6. The highest BCUT2D eigenvalue weighted by Crippen LogP contribution is 2.31. The van der Waals surface area contributed by atoms with Gasteiger partial charge in [-0.25, -0.2) is 9.79 Å². The van der Waals surface area contributed by atoms with Crippen molar-refractivity contribution in [3.05, 3.63) is 109 Å². The standard InChI is InChI=1S/C26H24N2O4S/c1-4-9-18-14-16(12-13-20(18)29)15-21-24(30)28-23(17-10-7-6-8-11-17)22(25(31)32-3)19(5-2)27-26(28)33-21/h4,6-8,10-15,23,29H,1,5,9H2,2-3H3/b21-15-/t23-/m0/s1. The molecular weight excluding hydrogens is 436 g/mol. The van der Waals surface area contributed by atoms with E-state index in [9.17, 15) is 14.7 Å². The lowest BCUT2D eigenvalue weighted by atomic mass is 9.95. The van der Waals surface area contributed by atoms with Crippen molar-refractivity contribution in [1.82, 2.24) is 4.57 Å². The number of hydrogen-bond acceptors (Lipinski definition) is 6. The van der Waals surface area contributed by atoms with Gasteiger partial charge < -0.3 is 9.84 Å². The number of ether oxygens (including phenoxy) is 1. The van der Waals surface area contributed by atoms with Crippen molar-refractivity contribution in [2.75, 3.05) is 7.11 Å². The van der Waals surface area contributed by atoms with Gasteiger partial charge in [0.2, 0.25) is 0 Å². The molecule has 0 unspecified atom stereocenters. The Kier molecular flexibility index (Phi) is 6.42. The van der Waals surface area contributed by atoms with Crippen LogP contribution in [0.3, 0.4) is 0 Å². The minimum Gasteiger partial charge on any atom is -0.508 e. The minimum absolute atomic E-state index is 0.188. The van der Waals surface area contributed by atoms with Crippen LogP contribution in [0.25, 0.3) is 6.08 Å². The van der Waals surface area contributed by atoms with E-state index >= 15 is 0 Å². The van der Waals surface area contributed by atoms with E-state index in [1.807, 2.05) is 43.3 Å². The van der Waals surface area contributed by atoms with Crippen molar-refractivity contribution in [3.63, 3.8) is 0 Å². The van der Waals surface area contributed by atoms with Crippen molar-refractivity contribution >= 4 is 23.4 Å². The van der Waals surface area contributed by atoms with Crippen LogP contribution in [-0.4, -0.2) is 22.8 Å². The van der Waals surface area contributed by atoms with Crippen LogP contribution >= 0.6 is 11.3 Å². The highest BCUT2D eigenvalue weighted by atomic mass is 32.1. The number of methoxy groups -OCH3 is 1. The van der Waals surface area contributed by atoms with Gasteiger partial charge in [0.1, 0.15) is 5.75 Å². The molecule has 1 aromatic heterocycles. The molecule has 0 aliphatic carbocycles. The molecule has 0 saturated heterocycles. The number of allylic oxidation sites excluding steroid dienone is 2. The number of aromatic nitrogens is 1.